The summed E-state index contributed by atoms with van der Waals surface area (Å²) >= 11 is 1.60. The van der Waals surface area contributed by atoms with Crippen LogP contribution >= 0.6 is 11.8 Å². The topological polar surface area (TPSA) is 35.0 Å². The van der Waals surface area contributed by atoms with E-state index in [0.717, 1.165) is 16.2 Å². The first kappa shape index (κ1) is 13.8. The van der Waals surface area contributed by atoms with Crippen LogP contribution in [-0.4, -0.2) is 17.1 Å². The van der Waals surface area contributed by atoms with E-state index in [1.807, 2.05) is 18.2 Å². The molecule has 2 aromatic carbocycles. The number of aromatic nitrogens is 2. The summed E-state index contributed by atoms with van der Waals surface area (Å²) in [7, 11) is 1.45. The fourth-order valence-electron chi connectivity index (χ4n) is 2.03. The Labute approximate surface area is 126 Å². The van der Waals surface area contributed by atoms with Crippen LogP contribution in [-0.2, 0) is 5.75 Å². The molecule has 3 aromatic rings. The van der Waals surface area contributed by atoms with Crippen molar-refractivity contribution in [1.82, 2.24) is 9.97 Å². The molecule has 0 radical (unpaired) electrons. The van der Waals surface area contributed by atoms with E-state index in [0.29, 0.717) is 5.52 Å². The molecule has 0 aliphatic carbocycles. The number of hydrogen-bond donors (Lipinski definition) is 0. The summed E-state index contributed by atoms with van der Waals surface area (Å²) in [6, 6.07) is 13.2. The van der Waals surface area contributed by atoms with Crippen LogP contribution < -0.4 is 4.74 Å². The van der Waals surface area contributed by atoms with Gasteiger partial charge in [0.1, 0.15) is 11.4 Å². The summed E-state index contributed by atoms with van der Waals surface area (Å²) in [5.74, 6) is 0.591. The fourth-order valence-corrected chi connectivity index (χ4v) is 2.97. The first-order valence-corrected chi connectivity index (χ1v) is 7.41. The summed E-state index contributed by atoms with van der Waals surface area (Å²) < 4.78 is 18.7. The second-order valence-corrected chi connectivity index (χ2v) is 5.42. The number of hydrogen-bond acceptors (Lipinski definition) is 4. The van der Waals surface area contributed by atoms with Crippen molar-refractivity contribution in [1.29, 1.82) is 0 Å². The lowest BCUT2D eigenvalue weighted by Crippen LogP contribution is -1.93. The first-order chi connectivity index (χ1) is 10.3. The molecule has 106 valence electrons. The van der Waals surface area contributed by atoms with Gasteiger partial charge in [-0.3, -0.25) is 0 Å². The van der Waals surface area contributed by atoms with E-state index in [4.69, 9.17) is 4.74 Å². The average molecular weight is 300 g/mol. The van der Waals surface area contributed by atoms with Crippen molar-refractivity contribution in [3.8, 4) is 5.75 Å². The van der Waals surface area contributed by atoms with E-state index in [2.05, 4.69) is 22.1 Å². The van der Waals surface area contributed by atoms with E-state index >= 15 is 0 Å². The largest absolute Gasteiger partial charge is 0.494 e. The maximum Gasteiger partial charge on any atom is 0.167 e. The summed E-state index contributed by atoms with van der Waals surface area (Å²) in [5, 5.41) is 1.62. The molecule has 1 heterocycles. The molecule has 0 atom stereocenters. The lowest BCUT2D eigenvalue weighted by molar-refractivity contribution is 0.387. The number of methoxy groups -OCH3 is 1. The van der Waals surface area contributed by atoms with Crippen molar-refractivity contribution < 1.29 is 9.13 Å². The Hall–Kier alpha value is -2.14. The highest BCUT2D eigenvalue weighted by Gasteiger charge is 2.10. The third kappa shape index (κ3) is 2.97. The van der Waals surface area contributed by atoms with Crippen molar-refractivity contribution in [2.75, 3.05) is 7.11 Å². The van der Waals surface area contributed by atoms with Crippen LogP contribution in [0.2, 0.25) is 0 Å². The smallest absolute Gasteiger partial charge is 0.167 e. The quantitative estimate of drug-likeness (QED) is 0.537. The van der Waals surface area contributed by atoms with Gasteiger partial charge in [0.2, 0.25) is 0 Å². The number of thioether (sulfide) groups is 1. The fraction of sp³-hybridized carbons (Fsp3) is 0.125. The van der Waals surface area contributed by atoms with E-state index in [9.17, 15) is 4.39 Å². The molecule has 3 rings (SSSR count). The van der Waals surface area contributed by atoms with Crippen LogP contribution in [0, 0.1) is 5.82 Å². The molecule has 0 spiro atoms. The highest BCUT2D eigenvalue weighted by atomic mass is 32.2. The van der Waals surface area contributed by atoms with Crippen molar-refractivity contribution >= 4 is 22.7 Å². The monoisotopic (exact) mass is 300 g/mol. The van der Waals surface area contributed by atoms with Gasteiger partial charge in [0.25, 0.3) is 0 Å². The first-order valence-electron chi connectivity index (χ1n) is 6.43. The minimum Gasteiger partial charge on any atom is -0.494 e. The van der Waals surface area contributed by atoms with Crippen LogP contribution in [0.25, 0.3) is 10.9 Å². The van der Waals surface area contributed by atoms with Gasteiger partial charge in [0.15, 0.2) is 11.6 Å². The van der Waals surface area contributed by atoms with Gasteiger partial charge in [-0.2, -0.15) is 0 Å². The normalized spacial score (nSPS) is 10.8. The molecule has 1 aromatic heterocycles. The van der Waals surface area contributed by atoms with E-state index < -0.39 is 5.82 Å². The van der Waals surface area contributed by atoms with Crippen molar-refractivity contribution in [3.05, 3.63) is 60.2 Å². The third-order valence-electron chi connectivity index (χ3n) is 3.09. The lowest BCUT2D eigenvalue weighted by atomic mass is 10.2. The maximum absolute atomic E-state index is 13.7. The average Bonchev–Trinajstić information content (AvgIpc) is 2.53. The SMILES string of the molecule is COc1cc2c(SCc3ccccc3)ncnc2cc1F. The van der Waals surface area contributed by atoms with Crippen LogP contribution in [0.3, 0.4) is 0 Å². The van der Waals surface area contributed by atoms with Crippen LogP contribution in [0.15, 0.2) is 53.8 Å². The molecule has 0 bridgehead atoms. The number of nitrogens with zero attached hydrogens (tertiary/aromatic N) is 2. The standard InChI is InChI=1S/C16H13FN2OS/c1-20-15-7-12-14(8-13(15)17)18-10-19-16(12)21-9-11-5-3-2-4-6-11/h2-8,10H,9H2,1H3. The Morgan fingerprint density at radius 2 is 1.95 bits per heavy atom. The molecular formula is C16H13FN2OS. The Morgan fingerprint density at radius 1 is 1.14 bits per heavy atom. The molecule has 0 N–H and O–H groups in total. The van der Waals surface area contributed by atoms with Gasteiger partial charge in [-0.15, -0.1) is 11.8 Å². The second kappa shape index (κ2) is 6.10. The van der Waals surface area contributed by atoms with Crippen molar-refractivity contribution in [2.45, 2.75) is 10.8 Å². The van der Waals surface area contributed by atoms with E-state index in [1.165, 1.54) is 25.1 Å². The molecule has 5 heteroatoms. The minimum absolute atomic E-state index is 0.207. The molecule has 0 unspecified atom stereocenters. The van der Waals surface area contributed by atoms with Gasteiger partial charge in [0, 0.05) is 17.2 Å². The van der Waals surface area contributed by atoms with Gasteiger partial charge in [-0.1, -0.05) is 30.3 Å². The number of rotatable bonds is 4. The summed E-state index contributed by atoms with van der Waals surface area (Å²) in [5.41, 5.74) is 1.79. The summed E-state index contributed by atoms with van der Waals surface area (Å²) in [4.78, 5) is 8.41. The number of fused-ring (bicyclic) bond motifs is 1. The summed E-state index contributed by atoms with van der Waals surface area (Å²) in [6.45, 7) is 0. The molecular weight excluding hydrogens is 287 g/mol. The molecule has 3 nitrogen and oxygen atoms in total. The van der Waals surface area contributed by atoms with E-state index in [-0.39, 0.29) is 5.75 Å². The van der Waals surface area contributed by atoms with Gasteiger partial charge < -0.3 is 4.74 Å². The minimum atomic E-state index is -0.414. The lowest BCUT2D eigenvalue weighted by Gasteiger charge is -2.07. The number of ether oxygens (including phenoxy) is 1. The highest BCUT2D eigenvalue weighted by molar-refractivity contribution is 7.98. The van der Waals surface area contributed by atoms with Crippen molar-refractivity contribution in [3.63, 3.8) is 0 Å². The van der Waals surface area contributed by atoms with Crippen molar-refractivity contribution in [2.24, 2.45) is 0 Å². The number of benzene rings is 2. The molecule has 0 saturated carbocycles. The molecule has 0 aliphatic rings. The third-order valence-corrected chi connectivity index (χ3v) is 4.17. The Balaban J connectivity index is 1.94. The zero-order valence-corrected chi connectivity index (χ0v) is 12.2. The molecule has 0 amide bonds. The Morgan fingerprint density at radius 3 is 2.71 bits per heavy atom. The number of halogens is 1. The predicted octanol–water partition coefficient (Wildman–Crippen LogP) is 4.07. The molecule has 21 heavy (non-hydrogen) atoms. The molecule has 0 saturated heterocycles. The zero-order chi connectivity index (χ0) is 14.7. The predicted molar refractivity (Wildman–Crippen MR) is 82.1 cm³/mol. The highest BCUT2D eigenvalue weighted by Crippen LogP contribution is 2.31. The van der Waals surface area contributed by atoms with Gasteiger partial charge in [-0.25, -0.2) is 14.4 Å². The Bertz CT molecular complexity index is 765. The van der Waals surface area contributed by atoms with Crippen LogP contribution in [0.1, 0.15) is 5.56 Å². The Kier molecular flexibility index (Phi) is 4.01. The second-order valence-electron chi connectivity index (χ2n) is 4.46. The van der Waals surface area contributed by atoms with Gasteiger partial charge in [0.05, 0.1) is 12.6 Å². The summed E-state index contributed by atoms with van der Waals surface area (Å²) in [6.07, 6.45) is 1.46. The van der Waals surface area contributed by atoms with Gasteiger partial charge in [-0.05, 0) is 11.6 Å². The molecule has 0 aliphatic heterocycles. The zero-order valence-electron chi connectivity index (χ0n) is 11.4. The molecule has 0 fully saturated rings. The maximum atomic E-state index is 13.7. The van der Waals surface area contributed by atoms with Crippen LogP contribution in [0.4, 0.5) is 4.39 Å². The van der Waals surface area contributed by atoms with E-state index in [1.54, 1.807) is 17.8 Å². The van der Waals surface area contributed by atoms with Crippen LogP contribution in [0.5, 0.6) is 5.75 Å². The van der Waals surface area contributed by atoms with Gasteiger partial charge >= 0.3 is 0 Å².